The van der Waals surface area contributed by atoms with Crippen LogP contribution in [0.4, 0.5) is 11.6 Å². The number of fused-ring (bicyclic) bond motifs is 3. The van der Waals surface area contributed by atoms with Crippen LogP contribution in [0.15, 0.2) is 39.9 Å². The van der Waals surface area contributed by atoms with E-state index < -0.39 is 0 Å². The summed E-state index contributed by atoms with van der Waals surface area (Å²) in [6.07, 6.45) is 0.897. The Hall–Kier alpha value is -3.09. The van der Waals surface area contributed by atoms with E-state index in [0.717, 1.165) is 24.2 Å². The Morgan fingerprint density at radius 2 is 1.82 bits per heavy atom. The molecule has 0 amide bonds. The van der Waals surface area contributed by atoms with Gasteiger partial charge in [-0.25, -0.2) is 4.79 Å². The Morgan fingerprint density at radius 1 is 1.14 bits per heavy atom. The molecule has 0 radical (unpaired) electrons. The lowest BCUT2D eigenvalue weighted by molar-refractivity contribution is 0.597. The van der Waals surface area contributed by atoms with Gasteiger partial charge < -0.3 is 9.47 Å². The highest BCUT2D eigenvalue weighted by Crippen LogP contribution is 2.32. The topological polar surface area (TPSA) is 65.1 Å². The first kappa shape index (κ1) is 18.3. The quantitative estimate of drug-likeness (QED) is 0.656. The normalized spacial score (nSPS) is 13.8. The van der Waals surface area contributed by atoms with Crippen molar-refractivity contribution in [3.05, 3.63) is 62.3 Å². The number of nitrogens with zero attached hydrogens (tertiary/aromatic N) is 5. The molecule has 4 rings (SSSR count). The zero-order valence-electron chi connectivity index (χ0n) is 16.8. The van der Waals surface area contributed by atoms with Crippen molar-refractivity contribution >= 4 is 22.8 Å². The average Bonchev–Trinajstić information content (AvgIpc) is 3.02. The van der Waals surface area contributed by atoms with Crippen molar-refractivity contribution in [1.29, 1.82) is 0 Å². The molecule has 7 nitrogen and oxygen atoms in total. The molecule has 2 aromatic heterocycles. The van der Waals surface area contributed by atoms with E-state index in [9.17, 15) is 9.59 Å². The fraction of sp³-hybridized carbons (Fsp3) is 0.381. The van der Waals surface area contributed by atoms with Gasteiger partial charge in [0, 0.05) is 25.8 Å². The molecule has 7 heteroatoms. The lowest BCUT2D eigenvalue weighted by Gasteiger charge is -2.29. The van der Waals surface area contributed by atoms with Gasteiger partial charge in [0.1, 0.15) is 0 Å². The molecule has 0 saturated heterocycles. The van der Waals surface area contributed by atoms with E-state index >= 15 is 0 Å². The molecule has 1 aliphatic heterocycles. The molecule has 0 spiro atoms. The zero-order chi connectivity index (χ0) is 20.2. The number of anilines is 2. The van der Waals surface area contributed by atoms with Gasteiger partial charge in [-0.15, -0.1) is 0 Å². The lowest BCUT2D eigenvalue weighted by Crippen LogP contribution is -2.40. The standard InChI is InChI=1S/C21H25N5O2/c1-13(2)12-26-19(27)17-18(23(5)21(26)28)22-20-24(7-6-8-25(17)20)16-10-14(3)9-15(4)11-16/h9-11H,1,6-8,12H2,2-5H3. The minimum absolute atomic E-state index is 0.211. The third kappa shape index (κ3) is 2.78. The van der Waals surface area contributed by atoms with Crippen molar-refractivity contribution in [3.8, 4) is 0 Å². The zero-order valence-corrected chi connectivity index (χ0v) is 16.8. The van der Waals surface area contributed by atoms with Gasteiger partial charge in [0.15, 0.2) is 11.2 Å². The van der Waals surface area contributed by atoms with Gasteiger partial charge >= 0.3 is 5.69 Å². The summed E-state index contributed by atoms with van der Waals surface area (Å²) in [5.74, 6) is 0.714. The summed E-state index contributed by atoms with van der Waals surface area (Å²) in [5.41, 5.74) is 4.41. The Labute approximate surface area is 163 Å². The number of rotatable bonds is 3. The molecule has 28 heavy (non-hydrogen) atoms. The van der Waals surface area contributed by atoms with E-state index in [1.54, 1.807) is 7.05 Å². The molecule has 1 aromatic carbocycles. The van der Waals surface area contributed by atoms with Gasteiger partial charge in [-0.1, -0.05) is 18.2 Å². The van der Waals surface area contributed by atoms with Crippen molar-refractivity contribution in [2.45, 2.75) is 40.3 Å². The Balaban J connectivity index is 1.99. The Bertz CT molecular complexity index is 1210. The number of hydrogen-bond acceptors (Lipinski definition) is 4. The monoisotopic (exact) mass is 379 g/mol. The summed E-state index contributed by atoms with van der Waals surface area (Å²) in [5, 5.41) is 0. The van der Waals surface area contributed by atoms with Crippen LogP contribution in [0, 0.1) is 13.8 Å². The van der Waals surface area contributed by atoms with Crippen molar-refractivity contribution in [3.63, 3.8) is 0 Å². The molecule has 146 valence electrons. The molecular weight excluding hydrogens is 354 g/mol. The molecule has 0 fully saturated rings. The smallest absolute Gasteiger partial charge is 0.312 e. The van der Waals surface area contributed by atoms with Gasteiger partial charge in [0.25, 0.3) is 5.56 Å². The molecule has 3 heterocycles. The number of aromatic nitrogens is 4. The van der Waals surface area contributed by atoms with Gasteiger partial charge in [-0.3, -0.25) is 13.9 Å². The third-order valence-corrected chi connectivity index (χ3v) is 5.16. The maximum Gasteiger partial charge on any atom is 0.332 e. The summed E-state index contributed by atoms with van der Waals surface area (Å²) >= 11 is 0. The molecule has 0 aliphatic carbocycles. The van der Waals surface area contributed by atoms with Crippen molar-refractivity contribution < 1.29 is 0 Å². The summed E-state index contributed by atoms with van der Waals surface area (Å²) in [6, 6.07) is 6.39. The minimum atomic E-state index is -0.367. The van der Waals surface area contributed by atoms with Crippen LogP contribution in [0.2, 0.25) is 0 Å². The highest BCUT2D eigenvalue weighted by atomic mass is 16.2. The second-order valence-corrected chi connectivity index (χ2v) is 7.78. The molecular formula is C21H25N5O2. The molecule has 0 saturated carbocycles. The van der Waals surface area contributed by atoms with Crippen molar-refractivity contribution in [1.82, 2.24) is 18.7 Å². The summed E-state index contributed by atoms with van der Waals surface area (Å²) < 4.78 is 4.66. The number of imidazole rings is 1. The second kappa shape index (κ2) is 6.51. The maximum absolute atomic E-state index is 13.2. The van der Waals surface area contributed by atoms with Gasteiger partial charge in [0.05, 0.1) is 6.54 Å². The highest BCUT2D eigenvalue weighted by Gasteiger charge is 2.27. The van der Waals surface area contributed by atoms with Gasteiger partial charge in [-0.2, -0.15) is 4.98 Å². The SMILES string of the molecule is C=C(C)Cn1c(=O)c2c(nc3n2CCCN3c2cc(C)cc(C)c2)n(C)c1=O. The van der Waals surface area contributed by atoms with Crippen molar-refractivity contribution in [2.24, 2.45) is 7.05 Å². The number of benzene rings is 1. The van der Waals surface area contributed by atoms with Crippen molar-refractivity contribution in [2.75, 3.05) is 11.4 Å². The second-order valence-electron chi connectivity index (χ2n) is 7.78. The fourth-order valence-corrected chi connectivity index (χ4v) is 4.03. The fourth-order valence-electron chi connectivity index (χ4n) is 4.03. The highest BCUT2D eigenvalue weighted by molar-refractivity contribution is 5.77. The summed E-state index contributed by atoms with van der Waals surface area (Å²) in [4.78, 5) is 32.7. The molecule has 3 aromatic rings. The minimum Gasteiger partial charge on any atom is -0.312 e. The van der Waals surface area contributed by atoms with Crippen LogP contribution in [0.1, 0.15) is 24.5 Å². The maximum atomic E-state index is 13.2. The number of aryl methyl sites for hydroxylation is 4. The molecule has 1 aliphatic rings. The predicted octanol–water partition coefficient (Wildman–Crippen LogP) is 2.63. The summed E-state index contributed by atoms with van der Waals surface area (Å²) in [7, 11) is 1.67. The van der Waals surface area contributed by atoms with Crippen LogP contribution >= 0.6 is 0 Å². The first-order valence-electron chi connectivity index (χ1n) is 9.48. The average molecular weight is 379 g/mol. The van der Waals surface area contributed by atoms with Crippen LogP contribution in [-0.2, 0) is 20.1 Å². The van der Waals surface area contributed by atoms with Crippen LogP contribution in [0.25, 0.3) is 11.2 Å². The lowest BCUT2D eigenvalue weighted by atomic mass is 10.1. The predicted molar refractivity (Wildman–Crippen MR) is 112 cm³/mol. The van der Waals surface area contributed by atoms with Gasteiger partial charge in [0.2, 0.25) is 5.95 Å². The largest absolute Gasteiger partial charge is 0.332 e. The van der Waals surface area contributed by atoms with E-state index in [0.29, 0.717) is 23.7 Å². The van der Waals surface area contributed by atoms with Crippen LogP contribution in [0.5, 0.6) is 0 Å². The first-order valence-corrected chi connectivity index (χ1v) is 9.48. The van der Waals surface area contributed by atoms with Crippen LogP contribution in [0.3, 0.4) is 0 Å². The van der Waals surface area contributed by atoms with E-state index in [1.165, 1.54) is 20.3 Å². The molecule has 0 N–H and O–H groups in total. The Kier molecular flexibility index (Phi) is 4.25. The number of allylic oxidation sites excluding steroid dienone is 1. The molecule has 0 bridgehead atoms. The molecule has 0 unspecified atom stereocenters. The summed E-state index contributed by atoms with van der Waals surface area (Å²) in [6.45, 7) is 11.5. The Morgan fingerprint density at radius 3 is 2.46 bits per heavy atom. The third-order valence-electron chi connectivity index (χ3n) is 5.16. The van der Waals surface area contributed by atoms with Crippen LogP contribution in [-0.4, -0.2) is 25.2 Å². The van der Waals surface area contributed by atoms with E-state index in [4.69, 9.17) is 4.98 Å². The van der Waals surface area contributed by atoms with E-state index in [1.807, 2.05) is 11.5 Å². The first-order chi connectivity index (χ1) is 13.3. The van der Waals surface area contributed by atoms with Crippen LogP contribution < -0.4 is 16.1 Å². The number of hydrogen-bond donors (Lipinski definition) is 0. The van der Waals surface area contributed by atoms with E-state index in [2.05, 4.69) is 43.5 Å². The molecule has 0 atom stereocenters. The van der Waals surface area contributed by atoms with Gasteiger partial charge in [-0.05, 0) is 50.5 Å². The van der Waals surface area contributed by atoms with E-state index in [-0.39, 0.29) is 17.8 Å².